The van der Waals surface area contributed by atoms with Crippen LogP contribution in [-0.4, -0.2) is 93.0 Å². The largest absolute Gasteiger partial charge is 0.396 e. The van der Waals surface area contributed by atoms with Gasteiger partial charge in [0.25, 0.3) is 0 Å². The van der Waals surface area contributed by atoms with Crippen molar-refractivity contribution in [2.45, 2.75) is 19.3 Å². The van der Waals surface area contributed by atoms with Gasteiger partial charge in [-0.2, -0.15) is 0 Å². The zero-order valence-corrected chi connectivity index (χ0v) is 17.1. The van der Waals surface area contributed by atoms with E-state index in [0.29, 0.717) is 64.7 Å². The van der Waals surface area contributed by atoms with Crippen LogP contribution in [0, 0.1) is 17.8 Å². The zero-order chi connectivity index (χ0) is 19.5. The number of aliphatic hydroxyl groups excluding tert-OH is 1. The highest BCUT2D eigenvalue weighted by Gasteiger charge is 2.13. The molecule has 0 saturated heterocycles. The highest BCUT2D eigenvalue weighted by molar-refractivity contribution is 4.61. The molecule has 7 nitrogen and oxygen atoms in total. The van der Waals surface area contributed by atoms with E-state index in [1.165, 1.54) is 0 Å². The lowest BCUT2D eigenvalue weighted by Gasteiger charge is -2.20. The van der Waals surface area contributed by atoms with Crippen LogP contribution in [0.4, 0.5) is 0 Å². The molecule has 0 rings (SSSR count). The average Bonchev–Trinajstić information content (AvgIpc) is 2.65. The predicted octanol–water partition coefficient (Wildman–Crippen LogP) is 1.62. The second-order valence-corrected chi connectivity index (χ2v) is 6.66. The molecule has 0 aromatic carbocycles. The lowest BCUT2D eigenvalue weighted by Crippen LogP contribution is -2.23. The number of methoxy groups -OCH3 is 4. The molecule has 1 N–H and O–H groups in total. The van der Waals surface area contributed by atoms with Gasteiger partial charge in [0.1, 0.15) is 0 Å². The molecule has 0 amide bonds. The molecular formula is C19H40O7. The van der Waals surface area contributed by atoms with Gasteiger partial charge in [0.2, 0.25) is 0 Å². The molecule has 0 aliphatic carbocycles. The first-order valence-electron chi connectivity index (χ1n) is 9.43. The van der Waals surface area contributed by atoms with Gasteiger partial charge in [0, 0.05) is 72.6 Å². The molecule has 0 bridgehead atoms. The summed E-state index contributed by atoms with van der Waals surface area (Å²) in [6.45, 7) is 5.20. The zero-order valence-electron chi connectivity index (χ0n) is 17.1. The van der Waals surface area contributed by atoms with Gasteiger partial charge >= 0.3 is 0 Å². The van der Waals surface area contributed by atoms with Crippen LogP contribution < -0.4 is 0 Å². The Morgan fingerprint density at radius 2 is 1.00 bits per heavy atom. The van der Waals surface area contributed by atoms with E-state index < -0.39 is 0 Å². The summed E-state index contributed by atoms with van der Waals surface area (Å²) < 4.78 is 32.2. The molecule has 0 aliphatic heterocycles. The van der Waals surface area contributed by atoms with Crippen LogP contribution in [0.1, 0.15) is 19.3 Å². The SMILES string of the molecule is COCCC(COC)COCCC(CO)COCC(CCOC)COC. The predicted molar refractivity (Wildman–Crippen MR) is 101 cm³/mol. The maximum Gasteiger partial charge on any atom is 0.0517 e. The molecule has 0 heterocycles. The second kappa shape index (κ2) is 19.5. The Hall–Kier alpha value is -0.280. The van der Waals surface area contributed by atoms with Crippen molar-refractivity contribution in [1.82, 2.24) is 0 Å². The molecule has 0 spiro atoms. The van der Waals surface area contributed by atoms with Crippen molar-refractivity contribution in [3.8, 4) is 0 Å². The summed E-state index contributed by atoms with van der Waals surface area (Å²) in [6, 6.07) is 0. The van der Waals surface area contributed by atoms with Crippen molar-refractivity contribution in [1.29, 1.82) is 0 Å². The lowest BCUT2D eigenvalue weighted by atomic mass is 10.1. The fourth-order valence-electron chi connectivity index (χ4n) is 2.60. The summed E-state index contributed by atoms with van der Waals surface area (Å²) in [5.74, 6) is 0.728. The highest BCUT2D eigenvalue weighted by atomic mass is 16.5. The Labute approximate surface area is 159 Å². The van der Waals surface area contributed by atoms with Gasteiger partial charge in [-0.3, -0.25) is 0 Å². The second-order valence-electron chi connectivity index (χ2n) is 6.66. The molecule has 0 fully saturated rings. The number of hydrogen-bond donors (Lipinski definition) is 1. The summed E-state index contributed by atoms with van der Waals surface area (Å²) >= 11 is 0. The Kier molecular flexibility index (Phi) is 19.3. The van der Waals surface area contributed by atoms with Crippen molar-refractivity contribution in [3.63, 3.8) is 0 Å². The van der Waals surface area contributed by atoms with Gasteiger partial charge < -0.3 is 33.5 Å². The van der Waals surface area contributed by atoms with Crippen LogP contribution in [0.25, 0.3) is 0 Å². The Morgan fingerprint density at radius 3 is 1.46 bits per heavy atom. The quantitative estimate of drug-likeness (QED) is 0.322. The lowest BCUT2D eigenvalue weighted by molar-refractivity contribution is 0.00231. The summed E-state index contributed by atoms with van der Waals surface area (Å²) in [4.78, 5) is 0. The van der Waals surface area contributed by atoms with E-state index >= 15 is 0 Å². The maximum atomic E-state index is 9.53. The Balaban J connectivity index is 3.92. The van der Waals surface area contributed by atoms with Gasteiger partial charge in [-0.25, -0.2) is 0 Å². The van der Waals surface area contributed by atoms with Crippen LogP contribution in [0.5, 0.6) is 0 Å². The third kappa shape index (κ3) is 14.8. The summed E-state index contributed by atoms with van der Waals surface area (Å²) in [6.07, 6.45) is 2.59. The molecule has 3 unspecified atom stereocenters. The summed E-state index contributed by atoms with van der Waals surface area (Å²) in [5.41, 5.74) is 0. The molecule has 0 aromatic heterocycles. The Bertz CT molecular complexity index is 279. The van der Waals surface area contributed by atoms with Crippen molar-refractivity contribution in [3.05, 3.63) is 0 Å². The Morgan fingerprint density at radius 1 is 0.538 bits per heavy atom. The van der Waals surface area contributed by atoms with Gasteiger partial charge in [0.05, 0.1) is 33.0 Å². The van der Waals surface area contributed by atoms with E-state index in [9.17, 15) is 5.11 Å². The first-order valence-corrected chi connectivity index (χ1v) is 9.43. The van der Waals surface area contributed by atoms with E-state index in [2.05, 4.69) is 0 Å². The standard InChI is InChI=1S/C19H40O7/c1-21-8-5-18(12-23-3)15-25-10-7-17(11-20)14-26-16-19(13-24-4)6-9-22-2/h17-20H,5-16H2,1-4H3. The van der Waals surface area contributed by atoms with Crippen LogP contribution in [0.3, 0.4) is 0 Å². The van der Waals surface area contributed by atoms with Gasteiger partial charge in [-0.15, -0.1) is 0 Å². The summed E-state index contributed by atoms with van der Waals surface area (Å²) in [7, 11) is 6.78. The number of hydrogen-bond acceptors (Lipinski definition) is 7. The molecule has 158 valence electrons. The van der Waals surface area contributed by atoms with Crippen LogP contribution in [0.15, 0.2) is 0 Å². The first-order chi connectivity index (χ1) is 12.7. The van der Waals surface area contributed by atoms with E-state index in [1.54, 1.807) is 28.4 Å². The average molecular weight is 381 g/mol. The number of rotatable bonds is 20. The normalized spacial score (nSPS) is 15.1. The van der Waals surface area contributed by atoms with E-state index in [1.807, 2.05) is 0 Å². The maximum absolute atomic E-state index is 9.53. The number of aliphatic hydroxyl groups is 1. The smallest absolute Gasteiger partial charge is 0.0517 e. The van der Waals surface area contributed by atoms with Gasteiger partial charge in [0.15, 0.2) is 0 Å². The fourth-order valence-corrected chi connectivity index (χ4v) is 2.60. The summed E-state index contributed by atoms with van der Waals surface area (Å²) in [5, 5.41) is 9.53. The van der Waals surface area contributed by atoms with Crippen LogP contribution >= 0.6 is 0 Å². The van der Waals surface area contributed by atoms with Crippen molar-refractivity contribution in [2.75, 3.05) is 87.9 Å². The molecule has 0 radical (unpaired) electrons. The first kappa shape index (κ1) is 25.7. The third-order valence-corrected chi connectivity index (χ3v) is 4.25. The van der Waals surface area contributed by atoms with E-state index in [-0.39, 0.29) is 12.5 Å². The molecule has 0 aromatic rings. The molecule has 3 atom stereocenters. The molecule has 0 aliphatic rings. The number of ether oxygens (including phenoxy) is 6. The minimum Gasteiger partial charge on any atom is -0.396 e. The van der Waals surface area contributed by atoms with Gasteiger partial charge in [-0.1, -0.05) is 0 Å². The van der Waals surface area contributed by atoms with Crippen molar-refractivity contribution < 1.29 is 33.5 Å². The molecular weight excluding hydrogens is 340 g/mol. The topological polar surface area (TPSA) is 75.6 Å². The van der Waals surface area contributed by atoms with Crippen LogP contribution in [0.2, 0.25) is 0 Å². The fraction of sp³-hybridized carbons (Fsp3) is 1.00. The third-order valence-electron chi connectivity index (χ3n) is 4.25. The van der Waals surface area contributed by atoms with Crippen LogP contribution in [-0.2, 0) is 28.4 Å². The highest BCUT2D eigenvalue weighted by Crippen LogP contribution is 2.10. The monoisotopic (exact) mass is 380 g/mol. The minimum absolute atomic E-state index is 0.0838. The van der Waals surface area contributed by atoms with Crippen molar-refractivity contribution >= 4 is 0 Å². The van der Waals surface area contributed by atoms with Gasteiger partial charge in [-0.05, 0) is 19.3 Å². The molecule has 0 saturated carbocycles. The molecule has 7 heteroatoms. The van der Waals surface area contributed by atoms with E-state index in [4.69, 9.17) is 28.4 Å². The van der Waals surface area contributed by atoms with Crippen molar-refractivity contribution in [2.24, 2.45) is 17.8 Å². The molecule has 26 heavy (non-hydrogen) atoms. The minimum atomic E-state index is 0.0838. The van der Waals surface area contributed by atoms with E-state index in [0.717, 1.165) is 19.3 Å².